The summed E-state index contributed by atoms with van der Waals surface area (Å²) in [6.07, 6.45) is 1.58. The first-order valence-corrected chi connectivity index (χ1v) is 21.8. The summed E-state index contributed by atoms with van der Waals surface area (Å²) < 4.78 is 37.9. The van der Waals surface area contributed by atoms with E-state index in [0.717, 1.165) is 94.9 Å². The molecule has 2 aromatic heterocycles. The summed E-state index contributed by atoms with van der Waals surface area (Å²) in [4.78, 5) is 72.9. The monoisotopic (exact) mass is 899 g/mol. The number of alkyl halides is 3. The number of carbonyl (C=O) groups is 4. The number of benzene rings is 1. The number of aromatic nitrogens is 3. The Morgan fingerprint density at radius 1 is 0.871 bits per heavy atom. The maximum atomic E-state index is 13.1. The number of hydrogen-bond donors (Lipinski definition) is 1. The average molecular weight is 900 g/mol. The first-order chi connectivity index (χ1) is 29.6. The number of ketones is 2. The van der Waals surface area contributed by atoms with Crippen LogP contribution in [0.4, 0.5) is 13.2 Å². The number of aliphatic carboxylic acids is 1. The number of carboxylic acid groups (broad SMARTS) is 1. The lowest BCUT2D eigenvalue weighted by Crippen LogP contribution is -2.50. The lowest BCUT2D eigenvalue weighted by Gasteiger charge is -2.38. The van der Waals surface area contributed by atoms with E-state index in [4.69, 9.17) is 30.9 Å². The smallest absolute Gasteiger partial charge is 0.475 e. The lowest BCUT2D eigenvalue weighted by molar-refractivity contribution is -0.192. The Kier molecular flexibility index (Phi) is 14.2. The number of oxazole rings is 1. The molecular formula is C42H49ClF3N9O6S. The van der Waals surface area contributed by atoms with E-state index in [-0.39, 0.29) is 17.5 Å². The minimum atomic E-state index is -5.08. The fourth-order valence-corrected chi connectivity index (χ4v) is 8.24. The predicted octanol–water partition coefficient (Wildman–Crippen LogP) is 4.48. The van der Waals surface area contributed by atoms with Gasteiger partial charge in [-0.25, -0.2) is 19.7 Å². The van der Waals surface area contributed by atoms with Gasteiger partial charge in [0.2, 0.25) is 17.5 Å². The Balaban J connectivity index is 0.000000196. The van der Waals surface area contributed by atoms with Crippen LogP contribution >= 0.6 is 23.4 Å². The highest BCUT2D eigenvalue weighted by Gasteiger charge is 2.43. The normalized spacial score (nSPS) is 19.4. The third-order valence-corrected chi connectivity index (χ3v) is 12.1. The second-order valence-corrected chi connectivity index (χ2v) is 17.3. The second-order valence-electron chi connectivity index (χ2n) is 16.0. The average Bonchev–Trinajstić information content (AvgIpc) is 4.09. The summed E-state index contributed by atoms with van der Waals surface area (Å²) in [6, 6.07) is 9.37. The summed E-state index contributed by atoms with van der Waals surface area (Å²) in [7, 11) is 2.20. The number of halogens is 4. The molecule has 0 bridgehead atoms. The molecule has 3 aromatic rings. The van der Waals surface area contributed by atoms with Crippen molar-refractivity contribution in [2.75, 3.05) is 92.1 Å². The minimum absolute atomic E-state index is 0.00546. The molecule has 5 saturated heterocycles. The van der Waals surface area contributed by atoms with Gasteiger partial charge in [0.05, 0.1) is 5.70 Å². The van der Waals surface area contributed by atoms with E-state index in [9.17, 15) is 27.6 Å². The first kappa shape index (κ1) is 45.1. The summed E-state index contributed by atoms with van der Waals surface area (Å²) in [5.74, 6) is -1.07. The van der Waals surface area contributed by atoms with Crippen LogP contribution in [0.2, 0.25) is 5.02 Å². The number of amides is 1. The quantitative estimate of drug-likeness (QED) is 0.163. The van der Waals surface area contributed by atoms with Crippen LogP contribution < -0.4 is 0 Å². The minimum Gasteiger partial charge on any atom is -0.475 e. The fraction of sp³-hybridized carbons (Fsp3) is 0.500. The Labute approximate surface area is 366 Å². The summed E-state index contributed by atoms with van der Waals surface area (Å²) in [6.45, 7) is 14.4. The number of likely N-dealkylation sites (tertiary alicyclic amines) is 1. The van der Waals surface area contributed by atoms with Crippen molar-refractivity contribution in [1.82, 2.24) is 44.4 Å². The molecule has 9 rings (SSSR count). The number of aryl methyl sites for hydroxylation is 2. The molecule has 0 spiro atoms. The number of carbonyl (C=O) groups excluding carboxylic acids is 3. The van der Waals surface area contributed by atoms with E-state index in [2.05, 4.69) is 26.8 Å². The topological polar surface area (TPSA) is 159 Å². The van der Waals surface area contributed by atoms with Gasteiger partial charge in [-0.05, 0) is 64.0 Å². The highest BCUT2D eigenvalue weighted by Crippen LogP contribution is 2.35. The Morgan fingerprint density at radius 2 is 1.48 bits per heavy atom. The summed E-state index contributed by atoms with van der Waals surface area (Å²) in [5, 5.41) is 8.83. The van der Waals surface area contributed by atoms with E-state index in [0.29, 0.717) is 51.1 Å². The van der Waals surface area contributed by atoms with Crippen molar-refractivity contribution in [3.63, 3.8) is 0 Å². The molecule has 15 nitrogen and oxygen atoms in total. The number of carboxylic acids is 1. The number of Topliss-reactive ketones (excluding diaryl/α,β-unsaturated/α-hetero) is 1. The van der Waals surface area contributed by atoms with E-state index >= 15 is 0 Å². The summed E-state index contributed by atoms with van der Waals surface area (Å²) in [5.41, 5.74) is 4.40. The van der Waals surface area contributed by atoms with Gasteiger partial charge in [0.1, 0.15) is 22.8 Å². The summed E-state index contributed by atoms with van der Waals surface area (Å²) >= 11 is 7.39. The van der Waals surface area contributed by atoms with Crippen LogP contribution in [0.1, 0.15) is 30.7 Å². The second kappa shape index (κ2) is 19.6. The molecule has 0 radical (unpaired) electrons. The van der Waals surface area contributed by atoms with Gasteiger partial charge in [0.25, 0.3) is 5.22 Å². The van der Waals surface area contributed by atoms with Gasteiger partial charge in [-0.15, -0.1) is 0 Å². The van der Waals surface area contributed by atoms with Crippen LogP contribution in [-0.2, 0) is 25.6 Å². The van der Waals surface area contributed by atoms with Crippen LogP contribution in [0.5, 0.6) is 0 Å². The third-order valence-electron chi connectivity index (χ3n) is 11.1. The predicted molar refractivity (Wildman–Crippen MR) is 223 cm³/mol. The van der Waals surface area contributed by atoms with Crippen molar-refractivity contribution < 1.29 is 41.9 Å². The van der Waals surface area contributed by atoms with E-state index in [1.807, 2.05) is 56.9 Å². The molecule has 1 N–H and O–H groups in total. The molecular weight excluding hydrogens is 851 g/mol. The highest BCUT2D eigenvalue weighted by atomic mass is 35.5. The molecule has 1 amide bonds. The molecule has 1 aromatic carbocycles. The van der Waals surface area contributed by atoms with Gasteiger partial charge in [0.15, 0.2) is 5.16 Å². The lowest BCUT2D eigenvalue weighted by atomic mass is 9.96. The van der Waals surface area contributed by atoms with Gasteiger partial charge in [-0.3, -0.25) is 19.3 Å². The van der Waals surface area contributed by atoms with Gasteiger partial charge in [-0.1, -0.05) is 23.7 Å². The molecule has 20 heteroatoms. The van der Waals surface area contributed by atoms with Crippen molar-refractivity contribution in [1.29, 1.82) is 0 Å². The molecule has 5 fully saturated rings. The Bertz CT molecular complexity index is 2190. The fourth-order valence-electron chi connectivity index (χ4n) is 7.37. The first-order valence-electron chi connectivity index (χ1n) is 20.6. The van der Waals surface area contributed by atoms with Crippen molar-refractivity contribution in [3.05, 3.63) is 76.2 Å². The number of piperazine rings is 1. The molecule has 7 heterocycles. The zero-order valence-corrected chi connectivity index (χ0v) is 36.1. The Hall–Kier alpha value is -4.98. The molecule has 0 saturated carbocycles. The van der Waals surface area contributed by atoms with E-state index in [1.165, 1.54) is 43.8 Å². The number of allylic oxidation sites excluding steroid dienone is 1. The molecule has 0 unspecified atom stereocenters. The zero-order valence-electron chi connectivity index (χ0n) is 34.6. The number of rotatable bonds is 11. The largest absolute Gasteiger partial charge is 0.490 e. The van der Waals surface area contributed by atoms with E-state index < -0.39 is 12.1 Å². The van der Waals surface area contributed by atoms with Crippen LogP contribution in [0, 0.1) is 12.8 Å². The SMILES string of the molecule is Cc1ccnc(Sc2nc(-c3ccc(Cl)cc3)c(CCC(=O)N3CCN(CC4CCN(C)CC4)CC3)o2)n1.O=C(O)C(F)(F)F.O=C1C=C(N2CC2)C(=O)C(N2CC2)=C1N1CC1. The van der Waals surface area contributed by atoms with Gasteiger partial charge in [0, 0.05) is 125 Å². The molecule has 1 aliphatic carbocycles. The standard InChI is InChI=1S/C28H35ClN6O2S.C12H13N3O2.C2HF3O2/c1-20-9-12-30-27(31-20)38-28-32-26(22-3-5-23(29)6-4-22)24(37-28)7-8-25(36)35-17-15-34(16-18-35)19-21-10-13-33(2)14-11-21;16-9-7-8(13-1-2-13)12(17)11(15-5-6-15)10(9)14-3-4-14;3-2(4,5)1(6)7/h3-6,9,12,21H,7-8,10-11,13-19H2,1-2H3;7H,1-6H2;(H,6,7). The number of nitrogens with zero attached hydrogens (tertiary/aromatic N) is 9. The van der Waals surface area contributed by atoms with Crippen LogP contribution in [0.3, 0.4) is 0 Å². The zero-order chi connectivity index (χ0) is 44.1. The van der Waals surface area contributed by atoms with Crippen molar-refractivity contribution in [2.24, 2.45) is 5.92 Å². The highest BCUT2D eigenvalue weighted by molar-refractivity contribution is 7.98. The van der Waals surface area contributed by atoms with E-state index in [1.54, 1.807) is 6.20 Å². The Morgan fingerprint density at radius 3 is 2.06 bits per heavy atom. The molecule has 62 heavy (non-hydrogen) atoms. The number of hydrogen-bond acceptors (Lipinski definition) is 14. The van der Waals surface area contributed by atoms with Crippen LogP contribution in [-0.4, -0.2) is 171 Å². The van der Waals surface area contributed by atoms with Crippen LogP contribution in [0.15, 0.2) is 74.5 Å². The number of piperidine rings is 1. The van der Waals surface area contributed by atoms with Gasteiger partial charge < -0.3 is 34.0 Å². The van der Waals surface area contributed by atoms with Gasteiger partial charge in [-0.2, -0.15) is 13.2 Å². The van der Waals surface area contributed by atoms with Crippen LogP contribution in [0.25, 0.3) is 11.3 Å². The maximum Gasteiger partial charge on any atom is 0.490 e. The molecule has 6 aliphatic rings. The van der Waals surface area contributed by atoms with Gasteiger partial charge >= 0.3 is 12.1 Å². The molecule has 332 valence electrons. The third kappa shape index (κ3) is 12.1. The molecule has 0 atom stereocenters. The van der Waals surface area contributed by atoms with Crippen molar-refractivity contribution in [2.45, 2.75) is 49.2 Å². The maximum absolute atomic E-state index is 13.1. The molecule has 5 aliphatic heterocycles. The van der Waals surface area contributed by atoms with Crippen molar-refractivity contribution >= 4 is 46.8 Å². The van der Waals surface area contributed by atoms with Crippen molar-refractivity contribution in [3.8, 4) is 11.3 Å².